The lowest BCUT2D eigenvalue weighted by Gasteiger charge is -2.09. The maximum atomic E-state index is 11.9. The molecular formula is C44H87IO13. The van der Waals surface area contributed by atoms with Crippen LogP contribution in [0.15, 0.2) is 0 Å². The maximum Gasteiger partial charge on any atom is 0.305 e. The minimum atomic E-state index is -0.131. The summed E-state index contributed by atoms with van der Waals surface area (Å²) in [5.41, 5.74) is 0. The predicted molar refractivity (Wildman–Crippen MR) is 238 cm³/mol. The summed E-state index contributed by atoms with van der Waals surface area (Å²) in [6, 6.07) is 0. The molecule has 0 amide bonds. The monoisotopic (exact) mass is 951 g/mol. The van der Waals surface area contributed by atoms with E-state index in [1.54, 1.807) is 0 Å². The van der Waals surface area contributed by atoms with Crippen LogP contribution in [0.3, 0.4) is 0 Å². The molecule has 0 fully saturated rings. The second-order valence-electron chi connectivity index (χ2n) is 14.1. The van der Waals surface area contributed by atoms with E-state index in [1.165, 1.54) is 94.3 Å². The SMILES string of the molecule is CCCCCCCCCCCCCCCC(=O)OCCOCCOCCOCCOCCOCCOCCOCCOCCOCCOCCOCCCCCCI. The molecule has 0 N–H and O–H groups in total. The molecule has 0 saturated carbocycles. The van der Waals surface area contributed by atoms with Gasteiger partial charge in [-0.2, -0.15) is 0 Å². The van der Waals surface area contributed by atoms with Crippen LogP contribution in [-0.2, 0) is 61.6 Å². The van der Waals surface area contributed by atoms with Crippen molar-refractivity contribution in [3.8, 4) is 0 Å². The molecule has 0 aromatic carbocycles. The number of unbranched alkanes of at least 4 members (excludes halogenated alkanes) is 15. The van der Waals surface area contributed by atoms with Crippen molar-refractivity contribution in [3.05, 3.63) is 0 Å². The first kappa shape index (κ1) is 57.8. The van der Waals surface area contributed by atoms with Gasteiger partial charge in [0, 0.05) is 13.0 Å². The van der Waals surface area contributed by atoms with Crippen molar-refractivity contribution in [1.82, 2.24) is 0 Å². The molecule has 0 heterocycles. The number of hydrogen-bond donors (Lipinski definition) is 0. The van der Waals surface area contributed by atoms with Crippen LogP contribution in [0, 0.1) is 0 Å². The standard InChI is InChI=1S/C44H87IO13/c1-2-3-4-5-6-7-8-9-10-11-12-13-16-19-44(46)58-43-42-57-41-40-56-39-38-55-37-36-54-35-34-53-33-32-52-31-30-51-29-28-50-27-26-49-25-24-48-23-22-47-21-18-15-14-17-20-45/h2-43H2,1H3. The molecule has 0 saturated heterocycles. The molecule has 0 spiro atoms. The molecule has 14 heteroatoms. The van der Waals surface area contributed by atoms with Gasteiger partial charge in [0.1, 0.15) is 6.61 Å². The molecule has 0 aromatic heterocycles. The van der Waals surface area contributed by atoms with E-state index in [1.807, 2.05) is 0 Å². The van der Waals surface area contributed by atoms with E-state index >= 15 is 0 Å². The van der Waals surface area contributed by atoms with Crippen molar-refractivity contribution in [1.29, 1.82) is 0 Å². The van der Waals surface area contributed by atoms with Crippen LogP contribution in [0.1, 0.15) is 122 Å². The second-order valence-corrected chi connectivity index (χ2v) is 15.1. The zero-order valence-corrected chi connectivity index (χ0v) is 39.0. The molecule has 0 aliphatic heterocycles. The van der Waals surface area contributed by atoms with E-state index in [-0.39, 0.29) is 12.6 Å². The summed E-state index contributed by atoms with van der Waals surface area (Å²) >= 11 is 2.42. The molecule has 58 heavy (non-hydrogen) atoms. The van der Waals surface area contributed by atoms with E-state index in [9.17, 15) is 4.79 Å². The lowest BCUT2D eigenvalue weighted by molar-refractivity contribution is -0.145. The van der Waals surface area contributed by atoms with Gasteiger partial charge in [0.15, 0.2) is 0 Å². The Morgan fingerprint density at radius 1 is 0.293 bits per heavy atom. The molecule has 0 aliphatic rings. The Kier molecular flexibility index (Phi) is 54.6. The minimum Gasteiger partial charge on any atom is -0.463 e. The fraction of sp³-hybridized carbons (Fsp3) is 0.977. The Hall–Kier alpha value is -0.240. The van der Waals surface area contributed by atoms with Gasteiger partial charge in [0.05, 0.1) is 139 Å². The number of ether oxygens (including phenoxy) is 12. The first-order valence-electron chi connectivity index (χ1n) is 22.9. The van der Waals surface area contributed by atoms with Crippen molar-refractivity contribution in [3.63, 3.8) is 0 Å². The molecule has 13 nitrogen and oxygen atoms in total. The molecule has 0 unspecified atom stereocenters. The number of esters is 1. The first-order chi connectivity index (χ1) is 28.8. The highest BCUT2D eigenvalue weighted by molar-refractivity contribution is 14.1. The van der Waals surface area contributed by atoms with Crippen LogP contribution in [-0.4, -0.2) is 162 Å². The summed E-state index contributed by atoms with van der Waals surface area (Å²) in [7, 11) is 0. The highest BCUT2D eigenvalue weighted by Crippen LogP contribution is 2.13. The second kappa shape index (κ2) is 54.8. The molecule has 0 radical (unpaired) electrons. The lowest BCUT2D eigenvalue weighted by Crippen LogP contribution is -2.15. The van der Waals surface area contributed by atoms with Crippen LogP contribution >= 0.6 is 22.6 Å². The maximum absolute atomic E-state index is 11.9. The smallest absolute Gasteiger partial charge is 0.305 e. The van der Waals surface area contributed by atoms with Gasteiger partial charge in [-0.3, -0.25) is 4.79 Å². The normalized spacial score (nSPS) is 11.6. The molecular weight excluding hydrogens is 863 g/mol. The average Bonchev–Trinajstić information content (AvgIpc) is 3.23. The van der Waals surface area contributed by atoms with Crippen LogP contribution in [0.5, 0.6) is 0 Å². The van der Waals surface area contributed by atoms with Gasteiger partial charge in [-0.1, -0.05) is 119 Å². The van der Waals surface area contributed by atoms with E-state index in [4.69, 9.17) is 56.8 Å². The van der Waals surface area contributed by atoms with E-state index < -0.39 is 0 Å². The molecule has 348 valence electrons. The fourth-order valence-corrected chi connectivity index (χ4v) is 6.07. The fourth-order valence-electron chi connectivity index (χ4n) is 5.53. The highest BCUT2D eigenvalue weighted by atomic mass is 127. The first-order valence-corrected chi connectivity index (χ1v) is 24.4. The number of carbonyl (C=O) groups is 1. The van der Waals surface area contributed by atoms with E-state index in [2.05, 4.69) is 29.5 Å². The summed E-state index contributed by atoms with van der Waals surface area (Å²) in [5.74, 6) is -0.131. The third kappa shape index (κ3) is 53.8. The minimum absolute atomic E-state index is 0.131. The van der Waals surface area contributed by atoms with Gasteiger partial charge >= 0.3 is 5.97 Å². The Balaban J connectivity index is 3.12. The Bertz CT molecular complexity index is 756. The topological polar surface area (TPSA) is 128 Å². The van der Waals surface area contributed by atoms with Gasteiger partial charge in [-0.15, -0.1) is 0 Å². The van der Waals surface area contributed by atoms with Gasteiger partial charge in [0.25, 0.3) is 0 Å². The highest BCUT2D eigenvalue weighted by Gasteiger charge is 2.03. The third-order valence-corrected chi connectivity index (χ3v) is 9.63. The zero-order valence-electron chi connectivity index (χ0n) is 36.9. The quantitative estimate of drug-likeness (QED) is 0.0252. The number of hydrogen-bond acceptors (Lipinski definition) is 13. The summed E-state index contributed by atoms with van der Waals surface area (Å²) < 4.78 is 67.1. The number of rotatable bonds is 53. The third-order valence-electron chi connectivity index (χ3n) is 8.87. The Morgan fingerprint density at radius 3 is 0.845 bits per heavy atom. The van der Waals surface area contributed by atoms with Gasteiger partial charge in [-0.05, 0) is 23.7 Å². The number of carbonyl (C=O) groups excluding carboxylic acids is 1. The van der Waals surface area contributed by atoms with Crippen molar-refractivity contribution >= 4 is 28.6 Å². The van der Waals surface area contributed by atoms with Crippen LogP contribution < -0.4 is 0 Å². The van der Waals surface area contributed by atoms with Crippen molar-refractivity contribution in [2.24, 2.45) is 0 Å². The summed E-state index contributed by atoms with van der Waals surface area (Å²) in [6.07, 6.45) is 22.3. The zero-order chi connectivity index (χ0) is 41.8. The van der Waals surface area contributed by atoms with Crippen LogP contribution in [0.4, 0.5) is 0 Å². The van der Waals surface area contributed by atoms with E-state index in [0.717, 1.165) is 25.9 Å². The van der Waals surface area contributed by atoms with E-state index in [0.29, 0.717) is 145 Å². The Labute approximate surface area is 367 Å². The van der Waals surface area contributed by atoms with Crippen LogP contribution in [0.2, 0.25) is 0 Å². The molecule has 0 aromatic rings. The Morgan fingerprint density at radius 2 is 0.534 bits per heavy atom. The molecule has 0 aliphatic carbocycles. The van der Waals surface area contributed by atoms with Crippen molar-refractivity contribution in [2.75, 3.05) is 156 Å². The van der Waals surface area contributed by atoms with Gasteiger partial charge in [0.2, 0.25) is 0 Å². The molecule has 0 rings (SSSR count). The summed E-state index contributed by atoms with van der Waals surface area (Å²) in [6.45, 7) is 14.2. The summed E-state index contributed by atoms with van der Waals surface area (Å²) in [5, 5.41) is 0. The summed E-state index contributed by atoms with van der Waals surface area (Å²) in [4.78, 5) is 11.9. The van der Waals surface area contributed by atoms with Crippen molar-refractivity contribution < 1.29 is 61.6 Å². The van der Waals surface area contributed by atoms with Gasteiger partial charge in [-0.25, -0.2) is 0 Å². The number of halogens is 1. The molecule has 0 bridgehead atoms. The predicted octanol–water partition coefficient (Wildman–Crippen LogP) is 8.19. The largest absolute Gasteiger partial charge is 0.463 e. The number of alkyl halides is 1. The van der Waals surface area contributed by atoms with Crippen molar-refractivity contribution in [2.45, 2.75) is 122 Å². The van der Waals surface area contributed by atoms with Crippen LogP contribution in [0.25, 0.3) is 0 Å². The molecule has 0 atom stereocenters. The lowest BCUT2D eigenvalue weighted by atomic mass is 10.0. The van der Waals surface area contributed by atoms with Gasteiger partial charge < -0.3 is 56.8 Å². The average molecular weight is 951 g/mol.